The molecular weight excluding hydrogens is 238 g/mol. The smallest absolute Gasteiger partial charge is 0.123 e. The van der Waals surface area contributed by atoms with Crippen LogP contribution in [0.5, 0.6) is 5.75 Å². The Bertz CT molecular complexity index is 364. The maximum absolute atomic E-state index is 5.92. The van der Waals surface area contributed by atoms with E-state index in [1.165, 1.54) is 0 Å². The molecule has 0 spiro atoms. The Balaban J connectivity index is 1.93. The lowest BCUT2D eigenvalue weighted by Crippen LogP contribution is -2.21. The molecule has 2 rings (SSSR count). The number of rotatable bonds is 4. The molecule has 0 bridgehead atoms. The number of hydrogen-bond acceptors (Lipinski definition) is 3. The lowest BCUT2D eigenvalue weighted by Gasteiger charge is -2.22. The predicted molar refractivity (Wildman–Crippen MR) is 68.4 cm³/mol. The fraction of sp³-hybridized carbons (Fsp3) is 0.538. The zero-order valence-corrected chi connectivity index (χ0v) is 10.6. The second-order valence-corrected chi connectivity index (χ2v) is 4.76. The zero-order chi connectivity index (χ0) is 12.1. The Hall–Kier alpha value is -0.770. The van der Waals surface area contributed by atoms with Crippen LogP contribution in [0.3, 0.4) is 0 Å². The van der Waals surface area contributed by atoms with Gasteiger partial charge in [0.1, 0.15) is 5.75 Å². The third kappa shape index (κ3) is 3.60. The van der Waals surface area contributed by atoms with Crippen molar-refractivity contribution in [3.05, 3.63) is 28.8 Å². The second kappa shape index (κ2) is 6.24. The summed E-state index contributed by atoms with van der Waals surface area (Å²) < 4.78 is 11.1. The summed E-state index contributed by atoms with van der Waals surface area (Å²) in [5.41, 5.74) is 6.63. The quantitative estimate of drug-likeness (QED) is 0.900. The summed E-state index contributed by atoms with van der Waals surface area (Å²) in [5, 5.41) is 0.698. The van der Waals surface area contributed by atoms with Gasteiger partial charge in [0.25, 0.3) is 0 Å². The Morgan fingerprint density at radius 3 is 2.82 bits per heavy atom. The van der Waals surface area contributed by atoms with Gasteiger partial charge in [-0.2, -0.15) is 0 Å². The average molecular weight is 256 g/mol. The van der Waals surface area contributed by atoms with E-state index in [0.29, 0.717) is 17.5 Å². The first-order valence-electron chi connectivity index (χ1n) is 5.98. The molecule has 2 N–H and O–H groups in total. The van der Waals surface area contributed by atoms with Gasteiger partial charge in [-0.25, -0.2) is 0 Å². The van der Waals surface area contributed by atoms with Crippen LogP contribution in [0, 0.1) is 5.92 Å². The number of ether oxygens (including phenoxy) is 2. The molecule has 94 valence electrons. The van der Waals surface area contributed by atoms with Crippen molar-refractivity contribution in [2.24, 2.45) is 11.7 Å². The van der Waals surface area contributed by atoms with Gasteiger partial charge in [-0.3, -0.25) is 0 Å². The Labute approximate surface area is 107 Å². The van der Waals surface area contributed by atoms with Crippen LogP contribution in [0.4, 0.5) is 0 Å². The molecule has 1 aromatic rings. The minimum atomic E-state index is 0.448. The number of hydrogen-bond donors (Lipinski definition) is 1. The van der Waals surface area contributed by atoms with Gasteiger partial charge in [-0.1, -0.05) is 11.6 Å². The molecule has 0 atom stereocenters. The minimum Gasteiger partial charge on any atom is -0.493 e. The lowest BCUT2D eigenvalue weighted by molar-refractivity contribution is 0.0496. The van der Waals surface area contributed by atoms with Crippen LogP contribution in [0.25, 0.3) is 0 Å². The van der Waals surface area contributed by atoms with E-state index in [1.54, 1.807) is 0 Å². The van der Waals surface area contributed by atoms with Crippen molar-refractivity contribution >= 4 is 11.6 Å². The van der Waals surface area contributed by atoms with Gasteiger partial charge in [0.15, 0.2) is 0 Å². The first kappa shape index (κ1) is 12.7. The lowest BCUT2D eigenvalue weighted by atomic mass is 10.0. The maximum atomic E-state index is 5.92. The molecule has 0 unspecified atom stereocenters. The average Bonchev–Trinajstić information content (AvgIpc) is 2.38. The molecule has 1 heterocycles. The van der Waals surface area contributed by atoms with Gasteiger partial charge in [0, 0.05) is 30.3 Å². The van der Waals surface area contributed by atoms with E-state index < -0.39 is 0 Å². The van der Waals surface area contributed by atoms with Crippen molar-refractivity contribution in [2.45, 2.75) is 19.4 Å². The van der Waals surface area contributed by atoms with Gasteiger partial charge in [0.2, 0.25) is 0 Å². The molecule has 0 aromatic heterocycles. The molecule has 17 heavy (non-hydrogen) atoms. The highest BCUT2D eigenvalue weighted by Crippen LogP contribution is 2.24. The first-order chi connectivity index (χ1) is 8.29. The fourth-order valence-corrected chi connectivity index (χ4v) is 2.16. The van der Waals surface area contributed by atoms with Crippen molar-refractivity contribution in [1.82, 2.24) is 0 Å². The third-order valence-electron chi connectivity index (χ3n) is 3.06. The topological polar surface area (TPSA) is 44.5 Å². The monoisotopic (exact) mass is 255 g/mol. The van der Waals surface area contributed by atoms with E-state index in [1.807, 2.05) is 18.2 Å². The third-order valence-corrected chi connectivity index (χ3v) is 3.29. The van der Waals surface area contributed by atoms with Crippen LogP contribution in [-0.2, 0) is 11.3 Å². The van der Waals surface area contributed by atoms with Gasteiger partial charge >= 0.3 is 0 Å². The highest BCUT2D eigenvalue weighted by atomic mass is 35.5. The van der Waals surface area contributed by atoms with Crippen LogP contribution < -0.4 is 10.5 Å². The molecule has 1 aliphatic rings. The molecule has 0 aliphatic carbocycles. The highest BCUT2D eigenvalue weighted by molar-refractivity contribution is 6.30. The van der Waals surface area contributed by atoms with Crippen molar-refractivity contribution in [3.8, 4) is 5.75 Å². The molecule has 1 fully saturated rings. The van der Waals surface area contributed by atoms with Crippen molar-refractivity contribution in [2.75, 3.05) is 19.8 Å². The highest BCUT2D eigenvalue weighted by Gasteiger charge is 2.15. The summed E-state index contributed by atoms with van der Waals surface area (Å²) in [5.74, 6) is 1.44. The molecule has 1 aromatic carbocycles. The predicted octanol–water partition coefficient (Wildman–Crippen LogP) is 2.60. The van der Waals surface area contributed by atoms with Crippen molar-refractivity contribution in [3.63, 3.8) is 0 Å². The Morgan fingerprint density at radius 2 is 2.12 bits per heavy atom. The largest absolute Gasteiger partial charge is 0.493 e. The molecule has 0 amide bonds. The summed E-state index contributed by atoms with van der Waals surface area (Å²) in [6.45, 7) is 2.87. The Kier molecular flexibility index (Phi) is 4.66. The van der Waals surface area contributed by atoms with Crippen molar-refractivity contribution in [1.29, 1.82) is 0 Å². The first-order valence-corrected chi connectivity index (χ1v) is 6.36. The van der Waals surface area contributed by atoms with Crippen LogP contribution >= 0.6 is 11.6 Å². The van der Waals surface area contributed by atoms with E-state index in [2.05, 4.69) is 0 Å². The van der Waals surface area contributed by atoms with Crippen LogP contribution in [0.15, 0.2) is 18.2 Å². The summed E-state index contributed by atoms with van der Waals surface area (Å²) >= 11 is 5.92. The summed E-state index contributed by atoms with van der Waals surface area (Å²) in [4.78, 5) is 0. The molecular formula is C13H18ClNO2. The van der Waals surface area contributed by atoms with E-state index in [0.717, 1.165) is 44.0 Å². The molecule has 1 aliphatic heterocycles. The number of benzene rings is 1. The molecule has 3 nitrogen and oxygen atoms in total. The van der Waals surface area contributed by atoms with Crippen molar-refractivity contribution < 1.29 is 9.47 Å². The summed E-state index contributed by atoms with van der Waals surface area (Å²) in [7, 11) is 0. The van der Waals surface area contributed by atoms with Gasteiger partial charge < -0.3 is 15.2 Å². The van der Waals surface area contributed by atoms with Crippen LogP contribution in [-0.4, -0.2) is 19.8 Å². The molecule has 0 radical (unpaired) electrons. The van der Waals surface area contributed by atoms with Crippen LogP contribution in [0.2, 0.25) is 5.02 Å². The standard InChI is InChI=1S/C13H18ClNO2/c14-12-1-2-13(11(7-12)8-15)17-9-10-3-5-16-6-4-10/h1-2,7,10H,3-6,8-9,15H2. The fourth-order valence-electron chi connectivity index (χ4n) is 1.97. The zero-order valence-electron chi connectivity index (χ0n) is 9.82. The van der Waals surface area contributed by atoms with Gasteiger partial charge in [-0.05, 0) is 37.0 Å². The number of nitrogens with two attached hydrogens (primary N) is 1. The molecule has 1 saturated heterocycles. The van der Waals surface area contributed by atoms with E-state index in [9.17, 15) is 0 Å². The summed E-state index contributed by atoms with van der Waals surface area (Å²) in [6, 6.07) is 5.59. The normalized spacial score (nSPS) is 17.1. The molecule has 0 saturated carbocycles. The van der Waals surface area contributed by atoms with Gasteiger partial charge in [-0.15, -0.1) is 0 Å². The second-order valence-electron chi connectivity index (χ2n) is 4.32. The SMILES string of the molecule is NCc1cc(Cl)ccc1OCC1CCOCC1. The maximum Gasteiger partial charge on any atom is 0.123 e. The summed E-state index contributed by atoms with van der Waals surface area (Å²) in [6.07, 6.45) is 2.15. The van der Waals surface area contributed by atoms with E-state index in [4.69, 9.17) is 26.8 Å². The minimum absolute atomic E-state index is 0.448. The van der Waals surface area contributed by atoms with Gasteiger partial charge in [0.05, 0.1) is 6.61 Å². The van der Waals surface area contributed by atoms with E-state index >= 15 is 0 Å². The van der Waals surface area contributed by atoms with E-state index in [-0.39, 0.29) is 0 Å². The molecule has 4 heteroatoms. The van der Waals surface area contributed by atoms with Crippen LogP contribution in [0.1, 0.15) is 18.4 Å². The number of halogens is 1. The Morgan fingerprint density at radius 1 is 1.35 bits per heavy atom.